The Bertz CT molecular complexity index is 977. The highest BCUT2D eigenvalue weighted by molar-refractivity contribution is 7.80. The van der Waals surface area contributed by atoms with Crippen molar-refractivity contribution < 1.29 is 14.3 Å². The first-order valence-electron chi connectivity index (χ1n) is 9.18. The third-order valence-electron chi connectivity index (χ3n) is 4.18. The Balaban J connectivity index is 1.59. The largest absolute Gasteiger partial charge is 0.497 e. The van der Waals surface area contributed by atoms with Crippen LogP contribution in [0.4, 0.5) is 5.69 Å². The van der Waals surface area contributed by atoms with Crippen molar-refractivity contribution in [3.8, 4) is 11.5 Å². The minimum absolute atomic E-state index is 0.197. The molecule has 0 aliphatic rings. The Morgan fingerprint density at radius 2 is 1.72 bits per heavy atom. The number of para-hydroxylation sites is 1. The lowest BCUT2D eigenvalue weighted by molar-refractivity contribution is 0.0974. The van der Waals surface area contributed by atoms with E-state index in [1.807, 2.05) is 54.6 Å². The molecule has 0 saturated carbocycles. The first-order chi connectivity index (χ1) is 14.2. The molecule has 0 fully saturated rings. The molecule has 5 nitrogen and oxygen atoms in total. The van der Waals surface area contributed by atoms with E-state index in [1.54, 1.807) is 31.4 Å². The van der Waals surface area contributed by atoms with Gasteiger partial charge in [0.2, 0.25) is 0 Å². The lowest BCUT2D eigenvalue weighted by Gasteiger charge is -2.13. The van der Waals surface area contributed by atoms with Crippen molar-refractivity contribution in [3.63, 3.8) is 0 Å². The van der Waals surface area contributed by atoms with Crippen LogP contribution in [0.1, 0.15) is 15.9 Å². The summed E-state index contributed by atoms with van der Waals surface area (Å²) in [5, 5.41) is 5.87. The fourth-order valence-electron chi connectivity index (χ4n) is 2.74. The van der Waals surface area contributed by atoms with Crippen molar-refractivity contribution in [1.82, 2.24) is 5.32 Å². The number of nitrogens with one attached hydrogen (secondary N) is 2. The highest BCUT2D eigenvalue weighted by atomic mass is 32.1. The molecule has 0 aliphatic heterocycles. The molecule has 3 aromatic carbocycles. The number of methoxy groups -OCH3 is 1. The fourth-order valence-corrected chi connectivity index (χ4v) is 2.95. The minimum atomic E-state index is -0.333. The second-order valence-electron chi connectivity index (χ2n) is 6.22. The van der Waals surface area contributed by atoms with Gasteiger partial charge in [-0.3, -0.25) is 10.1 Å². The summed E-state index contributed by atoms with van der Waals surface area (Å²) in [6.45, 7) is 0.473. The van der Waals surface area contributed by atoms with Crippen LogP contribution in [-0.2, 0) is 6.42 Å². The Hall–Kier alpha value is -3.38. The topological polar surface area (TPSA) is 59.6 Å². The SMILES string of the molecule is COc1cccc(NC(=S)NC(=O)c2ccccc2OCCc2ccccc2)c1. The Morgan fingerprint density at radius 3 is 2.52 bits per heavy atom. The zero-order valence-corrected chi connectivity index (χ0v) is 16.9. The van der Waals surface area contributed by atoms with Gasteiger partial charge in [-0.1, -0.05) is 48.5 Å². The molecule has 0 heterocycles. The van der Waals surface area contributed by atoms with Crippen LogP contribution >= 0.6 is 12.2 Å². The number of carbonyl (C=O) groups is 1. The summed E-state index contributed by atoms with van der Waals surface area (Å²) in [5.74, 6) is 0.882. The van der Waals surface area contributed by atoms with E-state index in [-0.39, 0.29) is 11.0 Å². The van der Waals surface area contributed by atoms with E-state index in [0.717, 1.165) is 12.1 Å². The zero-order valence-electron chi connectivity index (χ0n) is 16.1. The average molecular weight is 407 g/mol. The molecule has 2 N–H and O–H groups in total. The van der Waals surface area contributed by atoms with Gasteiger partial charge >= 0.3 is 0 Å². The molecule has 6 heteroatoms. The number of rotatable bonds is 7. The number of hydrogen-bond acceptors (Lipinski definition) is 4. The Morgan fingerprint density at radius 1 is 0.966 bits per heavy atom. The number of carbonyl (C=O) groups excluding carboxylic acids is 1. The lowest BCUT2D eigenvalue weighted by atomic mass is 10.1. The summed E-state index contributed by atoms with van der Waals surface area (Å²) < 4.78 is 11.0. The molecular formula is C23H22N2O3S. The number of benzene rings is 3. The molecule has 0 spiro atoms. The molecule has 0 aromatic heterocycles. The van der Waals surface area contributed by atoms with Crippen molar-refractivity contribution >= 4 is 28.9 Å². The van der Waals surface area contributed by atoms with Crippen LogP contribution in [0.5, 0.6) is 11.5 Å². The van der Waals surface area contributed by atoms with Crippen LogP contribution in [0.25, 0.3) is 0 Å². The molecule has 0 atom stereocenters. The van der Waals surface area contributed by atoms with E-state index in [2.05, 4.69) is 10.6 Å². The van der Waals surface area contributed by atoms with Crippen LogP contribution in [0.3, 0.4) is 0 Å². The van der Waals surface area contributed by atoms with Gasteiger partial charge in [0.1, 0.15) is 11.5 Å². The first kappa shape index (κ1) is 20.4. The van der Waals surface area contributed by atoms with Crippen molar-refractivity contribution in [1.29, 1.82) is 0 Å². The van der Waals surface area contributed by atoms with E-state index in [4.69, 9.17) is 21.7 Å². The van der Waals surface area contributed by atoms with Gasteiger partial charge < -0.3 is 14.8 Å². The third kappa shape index (κ3) is 6.05. The van der Waals surface area contributed by atoms with Gasteiger partial charge in [-0.15, -0.1) is 0 Å². The summed E-state index contributed by atoms with van der Waals surface area (Å²) >= 11 is 5.26. The minimum Gasteiger partial charge on any atom is -0.497 e. The van der Waals surface area contributed by atoms with Crippen molar-refractivity contribution in [2.45, 2.75) is 6.42 Å². The zero-order chi connectivity index (χ0) is 20.5. The van der Waals surface area contributed by atoms with Gasteiger partial charge in [0, 0.05) is 18.2 Å². The van der Waals surface area contributed by atoms with E-state index >= 15 is 0 Å². The number of hydrogen-bond donors (Lipinski definition) is 2. The van der Waals surface area contributed by atoms with E-state index in [1.165, 1.54) is 5.56 Å². The maximum atomic E-state index is 12.7. The monoisotopic (exact) mass is 406 g/mol. The van der Waals surface area contributed by atoms with Gasteiger partial charge in [0.15, 0.2) is 5.11 Å². The molecule has 1 amide bonds. The van der Waals surface area contributed by atoms with Crippen LogP contribution in [-0.4, -0.2) is 24.7 Å². The smallest absolute Gasteiger partial charge is 0.261 e. The third-order valence-corrected chi connectivity index (χ3v) is 4.38. The van der Waals surface area contributed by atoms with Crippen molar-refractivity contribution in [2.24, 2.45) is 0 Å². The van der Waals surface area contributed by atoms with E-state index in [9.17, 15) is 4.79 Å². The Kier molecular flexibility index (Phi) is 7.19. The predicted octanol–water partition coefficient (Wildman–Crippen LogP) is 4.44. The van der Waals surface area contributed by atoms with Crippen LogP contribution < -0.4 is 20.1 Å². The molecular weight excluding hydrogens is 384 g/mol. The van der Waals surface area contributed by atoms with E-state index in [0.29, 0.717) is 23.7 Å². The number of anilines is 1. The number of thiocarbonyl (C=S) groups is 1. The molecule has 0 bridgehead atoms. The lowest BCUT2D eigenvalue weighted by Crippen LogP contribution is -2.34. The highest BCUT2D eigenvalue weighted by Gasteiger charge is 2.14. The van der Waals surface area contributed by atoms with Gasteiger partial charge in [0.05, 0.1) is 19.3 Å². The van der Waals surface area contributed by atoms with Crippen LogP contribution in [0, 0.1) is 0 Å². The molecule has 0 saturated heterocycles. The van der Waals surface area contributed by atoms with Gasteiger partial charge in [-0.2, -0.15) is 0 Å². The van der Waals surface area contributed by atoms with Crippen LogP contribution in [0.2, 0.25) is 0 Å². The predicted molar refractivity (Wildman–Crippen MR) is 119 cm³/mol. The van der Waals surface area contributed by atoms with Crippen molar-refractivity contribution in [2.75, 3.05) is 19.0 Å². The molecule has 29 heavy (non-hydrogen) atoms. The molecule has 148 valence electrons. The fraction of sp³-hybridized carbons (Fsp3) is 0.130. The average Bonchev–Trinajstić information content (AvgIpc) is 2.75. The van der Waals surface area contributed by atoms with Crippen LogP contribution in [0.15, 0.2) is 78.9 Å². The van der Waals surface area contributed by atoms with Gasteiger partial charge in [0.25, 0.3) is 5.91 Å². The maximum Gasteiger partial charge on any atom is 0.261 e. The summed E-state index contributed by atoms with van der Waals surface area (Å²) in [5.41, 5.74) is 2.33. The molecule has 3 aromatic rings. The highest BCUT2D eigenvalue weighted by Crippen LogP contribution is 2.19. The Labute approximate surface area is 175 Å². The molecule has 3 rings (SSSR count). The molecule has 0 aliphatic carbocycles. The standard InChI is InChI=1S/C23H22N2O3S/c1-27-19-11-7-10-18(16-19)24-23(29)25-22(26)20-12-5-6-13-21(20)28-15-14-17-8-3-2-4-9-17/h2-13,16H,14-15H2,1H3,(H2,24,25,26,29). The maximum absolute atomic E-state index is 12.7. The number of amides is 1. The summed E-state index contributed by atoms with van der Waals surface area (Å²) in [6.07, 6.45) is 0.757. The summed E-state index contributed by atoms with van der Waals surface area (Å²) in [4.78, 5) is 12.7. The van der Waals surface area contributed by atoms with E-state index < -0.39 is 0 Å². The number of ether oxygens (including phenoxy) is 2. The molecule has 0 unspecified atom stereocenters. The van der Waals surface area contributed by atoms with Crippen molar-refractivity contribution in [3.05, 3.63) is 90.0 Å². The van der Waals surface area contributed by atoms with Gasteiger partial charge in [-0.05, 0) is 42.0 Å². The second kappa shape index (κ2) is 10.2. The summed E-state index contributed by atoms with van der Waals surface area (Å²) in [7, 11) is 1.59. The first-order valence-corrected chi connectivity index (χ1v) is 9.58. The quantitative estimate of drug-likeness (QED) is 0.568. The second-order valence-corrected chi connectivity index (χ2v) is 6.63. The normalized spacial score (nSPS) is 10.1. The van der Waals surface area contributed by atoms with Gasteiger partial charge in [-0.25, -0.2) is 0 Å². The summed E-state index contributed by atoms with van der Waals surface area (Å²) in [6, 6.07) is 24.5. The molecule has 0 radical (unpaired) electrons.